The highest BCUT2D eigenvalue weighted by Gasteiger charge is 2.16. The minimum Gasteiger partial charge on any atom is -0.386 e. The minimum absolute atomic E-state index is 0.0408. The Labute approximate surface area is 176 Å². The van der Waals surface area contributed by atoms with Gasteiger partial charge in [0.1, 0.15) is 11.0 Å². The third kappa shape index (κ3) is 5.43. The highest BCUT2D eigenvalue weighted by atomic mass is 17.4. The summed E-state index contributed by atoms with van der Waals surface area (Å²) in [4.78, 5) is 59.7. The van der Waals surface area contributed by atoms with Crippen LogP contribution in [-0.4, -0.2) is 5.60 Å². The molecule has 0 unspecified atom stereocenters. The van der Waals surface area contributed by atoms with Crippen LogP contribution in [0.1, 0.15) is 20.8 Å². The molecule has 0 aliphatic heterocycles. The molecule has 0 atom stereocenters. The molecule has 0 spiro atoms. The molecule has 0 saturated heterocycles. The van der Waals surface area contributed by atoms with E-state index in [1.54, 1.807) is 20.8 Å². The maximum atomic E-state index is 12.8. The van der Waals surface area contributed by atoms with Gasteiger partial charge in [-0.15, -0.1) is 0 Å². The summed E-state index contributed by atoms with van der Waals surface area (Å²) >= 11 is 0. The quantitative estimate of drug-likeness (QED) is 0.416. The number of benzene rings is 2. The summed E-state index contributed by atoms with van der Waals surface area (Å²) in [6.07, 6.45) is 0. The Morgan fingerprint density at radius 2 is 1.28 bits per heavy atom. The molecule has 168 valence electrons. The minimum atomic E-state index is -1.27. The molecule has 2 aromatic carbocycles. The normalized spacial score (nSPS) is 11.0. The van der Waals surface area contributed by atoms with Gasteiger partial charge in [-0.2, -0.15) is 4.89 Å². The van der Waals surface area contributed by atoms with E-state index in [4.69, 9.17) is 14.2 Å². The highest BCUT2D eigenvalue weighted by Crippen LogP contribution is 2.21. The van der Waals surface area contributed by atoms with E-state index in [1.807, 2.05) is 0 Å². The Morgan fingerprint density at radius 3 is 1.91 bits per heavy atom. The van der Waals surface area contributed by atoms with Crippen molar-refractivity contribution in [2.75, 3.05) is 0 Å². The SMILES string of the molecule is CC(C)(C)OOc1cccc2c(=O)oooooc(=O)c3ccc(cc3)c(=O)oc(=O)c12. The van der Waals surface area contributed by atoms with Gasteiger partial charge in [0.2, 0.25) is 0 Å². The lowest BCUT2D eigenvalue weighted by Crippen LogP contribution is -2.22. The summed E-state index contributed by atoms with van der Waals surface area (Å²) in [5.74, 6) is -0.241. The van der Waals surface area contributed by atoms with Gasteiger partial charge in [0.25, 0.3) is 0 Å². The Kier molecular flexibility index (Phi) is 6.45. The zero-order valence-corrected chi connectivity index (χ0v) is 16.9. The Balaban J connectivity index is 2.47. The first-order valence-electron chi connectivity index (χ1n) is 8.94. The fourth-order valence-corrected chi connectivity index (χ4v) is 2.28. The monoisotopic (exact) mass is 448 g/mol. The molecule has 12 heteroatoms. The zero-order valence-electron chi connectivity index (χ0n) is 16.9. The van der Waals surface area contributed by atoms with Crippen molar-refractivity contribution in [2.24, 2.45) is 0 Å². The molecule has 0 N–H and O–H groups in total. The van der Waals surface area contributed by atoms with Crippen molar-refractivity contribution in [2.45, 2.75) is 26.4 Å². The largest absolute Gasteiger partial charge is 0.391 e. The molecule has 32 heavy (non-hydrogen) atoms. The van der Waals surface area contributed by atoms with E-state index in [2.05, 4.69) is 23.4 Å². The van der Waals surface area contributed by atoms with Crippen molar-refractivity contribution in [3.63, 3.8) is 0 Å². The molecule has 12 nitrogen and oxygen atoms in total. The summed E-state index contributed by atoms with van der Waals surface area (Å²) in [6.45, 7) is 5.04. The number of hydrogen-bond acceptors (Lipinski definition) is 12. The fourth-order valence-electron chi connectivity index (χ4n) is 2.28. The molecule has 0 fully saturated rings. The summed E-state index contributed by atoms with van der Waals surface area (Å²) in [6, 6.07) is 8.63. The lowest BCUT2D eigenvalue weighted by Gasteiger charge is -2.17. The van der Waals surface area contributed by atoms with Gasteiger partial charge in [0.15, 0.2) is 5.75 Å². The molecule has 0 aliphatic carbocycles. The summed E-state index contributed by atoms with van der Waals surface area (Å²) in [7, 11) is 0. The molecular weight excluding hydrogens is 432 g/mol. The van der Waals surface area contributed by atoms with E-state index < -0.39 is 38.9 Å². The average Bonchev–Trinajstić information content (AvgIpc) is 2.75. The summed E-state index contributed by atoms with van der Waals surface area (Å²) in [5, 5.41) is -1.03. The van der Waals surface area contributed by atoms with Crippen LogP contribution in [0.25, 0.3) is 21.5 Å². The zero-order chi connectivity index (χ0) is 23.3. The second-order valence-corrected chi connectivity index (χ2v) is 7.16. The molecule has 0 radical (unpaired) electrons. The molecule has 4 rings (SSSR count). The second-order valence-electron chi connectivity index (χ2n) is 7.16. The molecule has 2 bridgehead atoms. The Morgan fingerprint density at radius 1 is 0.688 bits per heavy atom. The van der Waals surface area contributed by atoms with Crippen LogP contribution in [0.4, 0.5) is 0 Å². The van der Waals surface area contributed by atoms with E-state index in [-0.39, 0.29) is 16.5 Å². The van der Waals surface area contributed by atoms with E-state index in [0.717, 1.165) is 6.07 Å². The van der Waals surface area contributed by atoms with E-state index in [9.17, 15) is 19.2 Å². The predicted octanol–water partition coefficient (Wildman–Crippen LogP) is 2.91. The van der Waals surface area contributed by atoms with Crippen molar-refractivity contribution >= 4 is 21.5 Å². The van der Waals surface area contributed by atoms with E-state index in [1.165, 1.54) is 36.4 Å². The molecule has 0 aliphatic rings. The van der Waals surface area contributed by atoms with Gasteiger partial charge in [0, 0.05) is 0 Å². The van der Waals surface area contributed by atoms with Gasteiger partial charge in [0.05, 0.1) is 16.2 Å². The van der Waals surface area contributed by atoms with Gasteiger partial charge >= 0.3 is 22.5 Å². The molecular formula is C20H16O12. The Bertz CT molecular complexity index is 1480. The van der Waals surface area contributed by atoms with Crippen LogP contribution >= 0.6 is 0 Å². The fraction of sp³-hybridized carbons (Fsp3) is 0.200. The van der Waals surface area contributed by atoms with Crippen molar-refractivity contribution < 1.29 is 37.6 Å². The second kappa shape index (κ2) is 9.22. The average molecular weight is 448 g/mol. The first-order valence-corrected chi connectivity index (χ1v) is 8.94. The van der Waals surface area contributed by atoms with Crippen LogP contribution in [0, 0.1) is 0 Å². The van der Waals surface area contributed by atoms with Crippen LogP contribution in [0.15, 0.2) is 89.4 Å². The summed E-state index contributed by atoms with van der Waals surface area (Å²) in [5.41, 5.74) is -5.38. The van der Waals surface area contributed by atoms with E-state index >= 15 is 0 Å². The maximum Gasteiger partial charge on any atom is 0.391 e. The molecule has 2 aromatic heterocycles. The van der Waals surface area contributed by atoms with Crippen LogP contribution < -0.4 is 27.4 Å². The van der Waals surface area contributed by atoms with Gasteiger partial charge in [-0.25, -0.2) is 28.3 Å². The molecule has 0 saturated carbocycles. The number of hydrogen-bond donors (Lipinski definition) is 0. The van der Waals surface area contributed by atoms with Crippen LogP contribution in [0.3, 0.4) is 0 Å². The smallest absolute Gasteiger partial charge is 0.386 e. The van der Waals surface area contributed by atoms with Gasteiger partial charge < -0.3 is 9.30 Å². The molecule has 0 amide bonds. The highest BCUT2D eigenvalue weighted by molar-refractivity contribution is 5.85. The first kappa shape index (κ1) is 22.4. The van der Waals surface area contributed by atoms with Crippen LogP contribution in [0.2, 0.25) is 0 Å². The topological polar surface area (TPSA) is 166 Å². The maximum absolute atomic E-state index is 12.8. The standard InChI is InChI=1S/C20H16O12/c1-20(2,3)29-26-14-6-4-5-13-15(14)19(24)25-16(21)11-7-9-12(10-8-11)17(22)27-30-32-31-28-18(13)23/h4-10H,1-3H3. The van der Waals surface area contributed by atoms with Crippen LogP contribution in [0.5, 0.6) is 5.75 Å². The van der Waals surface area contributed by atoms with Gasteiger partial charge in [-0.3, -0.25) is 0 Å². The van der Waals surface area contributed by atoms with Crippen molar-refractivity contribution in [1.29, 1.82) is 0 Å². The van der Waals surface area contributed by atoms with Crippen molar-refractivity contribution in [3.05, 3.63) is 84.1 Å². The predicted molar refractivity (Wildman–Crippen MR) is 106 cm³/mol. The van der Waals surface area contributed by atoms with Crippen molar-refractivity contribution in [3.8, 4) is 5.75 Å². The molecule has 2 heterocycles. The third-order valence-electron chi connectivity index (χ3n) is 3.65. The number of fused-ring (bicyclic) bond motifs is 10. The van der Waals surface area contributed by atoms with Crippen molar-refractivity contribution in [1.82, 2.24) is 0 Å². The molecule has 4 aromatic rings. The number of rotatable bonds is 2. The summed E-state index contributed by atoms with van der Waals surface area (Å²) < 4.78 is 25.5. The first-order chi connectivity index (χ1) is 15.2. The lowest BCUT2D eigenvalue weighted by atomic mass is 10.2. The van der Waals surface area contributed by atoms with Gasteiger partial charge in [-0.1, -0.05) is 6.07 Å². The lowest BCUT2D eigenvalue weighted by molar-refractivity contribution is -0.372. The Hall–Kier alpha value is -4.32. The third-order valence-corrected chi connectivity index (χ3v) is 3.65. The van der Waals surface area contributed by atoms with Crippen LogP contribution in [-0.2, 0) is 4.89 Å². The van der Waals surface area contributed by atoms with E-state index in [0.29, 0.717) is 0 Å². The van der Waals surface area contributed by atoms with Gasteiger partial charge in [-0.05, 0) is 71.4 Å².